The van der Waals surface area contributed by atoms with Crippen LogP contribution in [0.4, 0.5) is 0 Å². The van der Waals surface area contributed by atoms with Crippen molar-refractivity contribution in [3.8, 4) is 28.7 Å². The van der Waals surface area contributed by atoms with Gasteiger partial charge in [0, 0.05) is 11.6 Å². The van der Waals surface area contributed by atoms with Crippen molar-refractivity contribution in [1.82, 2.24) is 0 Å². The molecule has 2 aromatic carbocycles. The second-order valence-corrected chi connectivity index (χ2v) is 8.75. The monoisotopic (exact) mass is 468 g/mol. The highest BCUT2D eigenvalue weighted by molar-refractivity contribution is 6.03. The van der Waals surface area contributed by atoms with Crippen molar-refractivity contribution in [3.05, 3.63) is 64.8 Å². The highest BCUT2D eigenvalue weighted by Gasteiger charge is 2.33. The zero-order valence-corrected chi connectivity index (χ0v) is 19.8. The lowest BCUT2D eigenvalue weighted by Gasteiger charge is -2.27. The van der Waals surface area contributed by atoms with E-state index in [-0.39, 0.29) is 46.5 Å². The van der Waals surface area contributed by atoms with E-state index in [4.69, 9.17) is 9.47 Å². The van der Waals surface area contributed by atoms with Crippen LogP contribution in [0.5, 0.6) is 28.7 Å². The van der Waals surface area contributed by atoms with Gasteiger partial charge < -0.3 is 29.9 Å². The van der Waals surface area contributed by atoms with Gasteiger partial charge in [-0.05, 0) is 57.2 Å². The molecule has 0 fully saturated rings. The molecule has 2 unspecified atom stereocenters. The second kappa shape index (κ2) is 10.7. The maximum Gasteiger partial charge on any atom is 0.174 e. The van der Waals surface area contributed by atoms with Gasteiger partial charge in [-0.15, -0.1) is 0 Å². The molecule has 2 atom stereocenters. The number of fused-ring (bicyclic) bond motifs is 1. The molecule has 2 aromatic rings. The lowest BCUT2D eigenvalue weighted by molar-refractivity contribution is 0.0844. The third-order valence-electron chi connectivity index (χ3n) is 6.11. The number of ether oxygens (including phenoxy) is 2. The molecule has 0 saturated heterocycles. The van der Waals surface area contributed by atoms with Crippen LogP contribution in [0.3, 0.4) is 0 Å². The first kappa shape index (κ1) is 25.2. The molecule has 4 N–H and O–H groups in total. The van der Waals surface area contributed by atoms with Crippen molar-refractivity contribution in [2.24, 2.45) is 0 Å². The third-order valence-corrected chi connectivity index (χ3v) is 6.11. The highest BCUT2D eigenvalue weighted by Crippen LogP contribution is 2.45. The Kier molecular flexibility index (Phi) is 7.89. The number of rotatable bonds is 9. The molecule has 1 aliphatic heterocycles. The van der Waals surface area contributed by atoms with Gasteiger partial charge in [-0.1, -0.05) is 29.9 Å². The lowest BCUT2D eigenvalue weighted by atomic mass is 9.92. The van der Waals surface area contributed by atoms with Crippen LogP contribution in [-0.2, 0) is 6.42 Å². The van der Waals surface area contributed by atoms with E-state index in [9.17, 15) is 25.2 Å². The van der Waals surface area contributed by atoms with Crippen LogP contribution in [0.15, 0.2) is 48.1 Å². The maximum atomic E-state index is 12.9. The summed E-state index contributed by atoms with van der Waals surface area (Å²) in [6.45, 7) is 7.51. The molecule has 0 saturated carbocycles. The molecular formula is C27H32O7. The van der Waals surface area contributed by atoms with Gasteiger partial charge in [-0.2, -0.15) is 0 Å². The van der Waals surface area contributed by atoms with Crippen molar-refractivity contribution < 1.29 is 34.7 Å². The fourth-order valence-corrected chi connectivity index (χ4v) is 4.00. The Labute approximate surface area is 199 Å². The minimum absolute atomic E-state index is 0.00274. The number of hydrogen-bond acceptors (Lipinski definition) is 7. The number of phenols is 3. The van der Waals surface area contributed by atoms with Gasteiger partial charge in [0.05, 0.1) is 19.6 Å². The molecule has 0 aliphatic carbocycles. The number of allylic oxidation sites excluding steroid dienone is 2. The van der Waals surface area contributed by atoms with Crippen LogP contribution in [-0.4, -0.2) is 39.4 Å². The Balaban J connectivity index is 1.75. The summed E-state index contributed by atoms with van der Waals surface area (Å²) in [4.78, 5) is 12.9. The Hall–Kier alpha value is -3.45. The van der Waals surface area contributed by atoms with E-state index in [2.05, 4.69) is 6.58 Å². The Bertz CT molecular complexity index is 1120. The van der Waals surface area contributed by atoms with E-state index in [1.807, 2.05) is 13.0 Å². The summed E-state index contributed by atoms with van der Waals surface area (Å²) >= 11 is 0. The van der Waals surface area contributed by atoms with Crippen LogP contribution in [0, 0.1) is 0 Å². The maximum absolute atomic E-state index is 12.9. The van der Waals surface area contributed by atoms with E-state index in [0.29, 0.717) is 36.8 Å². The zero-order chi connectivity index (χ0) is 25.0. The number of methoxy groups -OCH3 is 1. The van der Waals surface area contributed by atoms with E-state index in [1.165, 1.54) is 19.2 Å². The van der Waals surface area contributed by atoms with Gasteiger partial charge in [0.25, 0.3) is 0 Å². The number of hydrogen-bond donors (Lipinski definition) is 4. The molecule has 7 heteroatoms. The topological polar surface area (TPSA) is 116 Å². The number of carbonyl (C=O) groups excluding carboxylic acids is 1. The van der Waals surface area contributed by atoms with Gasteiger partial charge in [0.1, 0.15) is 28.9 Å². The average Bonchev–Trinajstić information content (AvgIpc) is 2.79. The minimum atomic E-state index is -0.640. The predicted octanol–water partition coefficient (Wildman–Crippen LogP) is 5.11. The fraction of sp³-hybridized carbons (Fsp3) is 0.370. The first-order valence-electron chi connectivity index (χ1n) is 11.3. The average molecular weight is 469 g/mol. The van der Waals surface area contributed by atoms with E-state index < -0.39 is 12.2 Å². The molecule has 1 heterocycles. The minimum Gasteiger partial charge on any atom is -0.507 e. The summed E-state index contributed by atoms with van der Waals surface area (Å²) in [5.74, 6) is -0.338. The summed E-state index contributed by atoms with van der Waals surface area (Å²) < 4.78 is 11.1. The first-order valence-corrected chi connectivity index (χ1v) is 11.3. The molecule has 34 heavy (non-hydrogen) atoms. The summed E-state index contributed by atoms with van der Waals surface area (Å²) in [6.07, 6.45) is 3.03. The lowest BCUT2D eigenvalue weighted by Crippen LogP contribution is -2.21. The summed E-state index contributed by atoms with van der Waals surface area (Å²) in [7, 11) is 1.43. The second-order valence-electron chi connectivity index (χ2n) is 8.75. The SMILES string of the molecule is C=C(C)C(O)CCC(C)=CCCc1c(O)cc2c(c1O)C(=O)CC(c1ccc(O)c(OC)c1)O2. The molecule has 1 aliphatic rings. The zero-order valence-electron chi connectivity index (χ0n) is 19.8. The molecule has 0 amide bonds. The van der Waals surface area contributed by atoms with E-state index >= 15 is 0 Å². The van der Waals surface area contributed by atoms with Crippen molar-refractivity contribution in [3.63, 3.8) is 0 Å². The third kappa shape index (κ3) is 5.54. The highest BCUT2D eigenvalue weighted by atomic mass is 16.5. The van der Waals surface area contributed by atoms with Crippen LogP contribution < -0.4 is 9.47 Å². The van der Waals surface area contributed by atoms with Crippen molar-refractivity contribution in [2.45, 2.75) is 58.2 Å². The number of phenolic OH excluding ortho intramolecular Hbond substituents is 3. The number of aliphatic hydroxyl groups is 1. The number of benzene rings is 2. The molecule has 0 aromatic heterocycles. The quantitative estimate of drug-likeness (QED) is 0.378. The summed E-state index contributed by atoms with van der Waals surface area (Å²) in [5, 5.41) is 41.0. The molecule has 7 nitrogen and oxygen atoms in total. The number of carbonyl (C=O) groups is 1. The standard InChI is InChI=1S/C27H32O7/c1-15(2)19(28)10-8-16(3)6-5-7-18-21(30)13-25-26(27(18)32)22(31)14-23(34-25)17-9-11-20(29)24(12-17)33-4/h6,9,11-13,19,23,28-30,32H,1,5,7-8,10,14H2,2-4H3. The van der Waals surface area contributed by atoms with Crippen LogP contribution in [0.1, 0.15) is 67.1 Å². The van der Waals surface area contributed by atoms with Gasteiger partial charge in [-0.3, -0.25) is 4.79 Å². The normalized spacial score (nSPS) is 16.5. The molecule has 182 valence electrons. The van der Waals surface area contributed by atoms with E-state index in [1.54, 1.807) is 19.1 Å². The summed E-state index contributed by atoms with van der Waals surface area (Å²) in [6, 6.07) is 6.06. The van der Waals surface area contributed by atoms with E-state index in [0.717, 1.165) is 11.1 Å². The molecule has 0 bridgehead atoms. The largest absolute Gasteiger partial charge is 0.507 e. The number of aromatic hydroxyl groups is 3. The Morgan fingerprint density at radius 1 is 1.24 bits per heavy atom. The van der Waals surface area contributed by atoms with Crippen molar-refractivity contribution in [2.75, 3.05) is 7.11 Å². The van der Waals surface area contributed by atoms with Crippen molar-refractivity contribution in [1.29, 1.82) is 0 Å². The van der Waals surface area contributed by atoms with Gasteiger partial charge in [0.15, 0.2) is 17.3 Å². The van der Waals surface area contributed by atoms with Crippen LogP contribution in [0.2, 0.25) is 0 Å². The van der Waals surface area contributed by atoms with Gasteiger partial charge in [0.2, 0.25) is 0 Å². The molecule has 3 rings (SSSR count). The molecular weight excluding hydrogens is 436 g/mol. The van der Waals surface area contributed by atoms with Gasteiger partial charge in [-0.25, -0.2) is 0 Å². The first-order chi connectivity index (χ1) is 16.1. The Morgan fingerprint density at radius 3 is 2.65 bits per heavy atom. The number of Topliss-reactive ketones (excluding diaryl/α,β-unsaturated/α-hetero) is 1. The van der Waals surface area contributed by atoms with Crippen LogP contribution >= 0.6 is 0 Å². The molecule has 0 spiro atoms. The molecule has 0 radical (unpaired) electrons. The van der Waals surface area contributed by atoms with Crippen molar-refractivity contribution >= 4 is 5.78 Å². The Morgan fingerprint density at radius 2 is 1.97 bits per heavy atom. The number of aliphatic hydroxyl groups excluding tert-OH is 1. The van der Waals surface area contributed by atoms with Gasteiger partial charge >= 0.3 is 0 Å². The fourth-order valence-electron chi connectivity index (χ4n) is 4.00. The van der Waals surface area contributed by atoms with Crippen LogP contribution in [0.25, 0.3) is 0 Å². The smallest absolute Gasteiger partial charge is 0.174 e. The predicted molar refractivity (Wildman–Crippen MR) is 129 cm³/mol. The number of ketones is 1. The summed E-state index contributed by atoms with van der Waals surface area (Å²) in [5.41, 5.74) is 2.82.